The van der Waals surface area contributed by atoms with Crippen LogP contribution in [0.15, 0.2) is 22.8 Å². The zero-order chi connectivity index (χ0) is 19.9. The summed E-state index contributed by atoms with van der Waals surface area (Å²) in [5, 5.41) is 6.88. The number of furan rings is 1. The summed E-state index contributed by atoms with van der Waals surface area (Å²) in [7, 11) is 0. The van der Waals surface area contributed by atoms with Crippen LogP contribution in [0.1, 0.15) is 60.4 Å². The van der Waals surface area contributed by atoms with E-state index in [9.17, 15) is 18.0 Å². The van der Waals surface area contributed by atoms with Gasteiger partial charge in [0.1, 0.15) is 16.6 Å². The zero-order valence-corrected chi connectivity index (χ0v) is 15.8. The van der Waals surface area contributed by atoms with Crippen LogP contribution < -0.4 is 5.32 Å². The molecule has 1 amide bonds. The largest absolute Gasteiger partial charge is 0.467 e. The molecule has 2 aliphatic rings. The quantitative estimate of drug-likeness (QED) is 0.763. The van der Waals surface area contributed by atoms with Gasteiger partial charge in [-0.15, -0.1) is 0 Å². The van der Waals surface area contributed by atoms with Crippen LogP contribution in [0.2, 0.25) is 5.02 Å². The lowest BCUT2D eigenvalue weighted by Gasteiger charge is -2.32. The molecule has 2 atom stereocenters. The van der Waals surface area contributed by atoms with Crippen LogP contribution in [-0.2, 0) is 0 Å². The molecule has 2 unspecified atom stereocenters. The van der Waals surface area contributed by atoms with Crippen LogP contribution in [0.4, 0.5) is 19.0 Å². The average molecular weight is 417 g/mol. The Morgan fingerprint density at radius 1 is 1.25 bits per heavy atom. The van der Waals surface area contributed by atoms with E-state index in [0.29, 0.717) is 18.8 Å². The van der Waals surface area contributed by atoms with Gasteiger partial charge in [-0.2, -0.15) is 18.3 Å². The standard InChI is InChI=1S/C18H20ClF3N4O2/c19-14-15(17(27)25-7-3-1-2-4-8-25)24-26-13(18(20,21)22)10-11(23-16(14)26)12-6-5-9-28-12/h5-6,9,11,13,23H,1-4,7-8,10H2. The first-order valence-electron chi connectivity index (χ1n) is 9.30. The highest BCUT2D eigenvalue weighted by molar-refractivity contribution is 6.36. The molecule has 1 fully saturated rings. The number of nitrogens with zero attached hydrogens (tertiary/aromatic N) is 3. The molecule has 1 N–H and O–H groups in total. The van der Waals surface area contributed by atoms with Crippen molar-refractivity contribution in [3.05, 3.63) is 34.9 Å². The smallest absolute Gasteiger partial charge is 0.410 e. The minimum Gasteiger partial charge on any atom is -0.467 e. The van der Waals surface area contributed by atoms with Crippen molar-refractivity contribution >= 4 is 23.3 Å². The van der Waals surface area contributed by atoms with Gasteiger partial charge in [-0.05, 0) is 25.0 Å². The Morgan fingerprint density at radius 2 is 1.96 bits per heavy atom. The Bertz CT molecular complexity index is 842. The van der Waals surface area contributed by atoms with E-state index in [2.05, 4.69) is 10.4 Å². The number of aromatic nitrogens is 2. The number of amides is 1. The summed E-state index contributed by atoms with van der Waals surface area (Å²) in [6, 6.07) is 0.599. The Labute approximate surface area is 164 Å². The molecule has 28 heavy (non-hydrogen) atoms. The van der Waals surface area contributed by atoms with E-state index in [1.54, 1.807) is 17.0 Å². The minimum absolute atomic E-state index is 0.00480. The van der Waals surface area contributed by atoms with Crippen LogP contribution in [-0.4, -0.2) is 39.9 Å². The van der Waals surface area contributed by atoms with Crippen molar-refractivity contribution in [2.24, 2.45) is 0 Å². The summed E-state index contributed by atoms with van der Waals surface area (Å²) in [6.07, 6.45) is 0.335. The topological polar surface area (TPSA) is 63.3 Å². The molecule has 0 radical (unpaired) electrons. The molecular weight excluding hydrogens is 397 g/mol. The Morgan fingerprint density at radius 3 is 2.57 bits per heavy atom. The third-order valence-electron chi connectivity index (χ3n) is 5.28. The van der Waals surface area contributed by atoms with Crippen molar-refractivity contribution in [3.8, 4) is 0 Å². The van der Waals surface area contributed by atoms with Crippen LogP contribution in [0.5, 0.6) is 0 Å². The number of hydrogen-bond acceptors (Lipinski definition) is 4. The van der Waals surface area contributed by atoms with Gasteiger partial charge in [0.15, 0.2) is 11.7 Å². The van der Waals surface area contributed by atoms with E-state index in [-0.39, 0.29) is 23.0 Å². The first-order valence-corrected chi connectivity index (χ1v) is 9.68. The number of halogens is 4. The predicted molar refractivity (Wildman–Crippen MR) is 96.4 cm³/mol. The van der Waals surface area contributed by atoms with Gasteiger partial charge in [-0.1, -0.05) is 24.4 Å². The number of carbonyl (C=O) groups excluding carboxylic acids is 1. The van der Waals surface area contributed by atoms with E-state index >= 15 is 0 Å². The molecule has 10 heteroatoms. The highest BCUT2D eigenvalue weighted by atomic mass is 35.5. The molecule has 0 bridgehead atoms. The molecule has 4 heterocycles. The van der Waals surface area contributed by atoms with Crippen LogP contribution in [0, 0.1) is 0 Å². The monoisotopic (exact) mass is 416 g/mol. The highest BCUT2D eigenvalue weighted by Crippen LogP contribution is 2.46. The molecule has 2 aromatic rings. The first-order chi connectivity index (χ1) is 13.4. The number of fused-ring (bicyclic) bond motifs is 1. The molecule has 152 valence electrons. The van der Waals surface area contributed by atoms with Crippen LogP contribution >= 0.6 is 11.6 Å². The average Bonchev–Trinajstić information content (AvgIpc) is 3.20. The third kappa shape index (κ3) is 3.47. The second-order valence-corrected chi connectivity index (χ2v) is 7.55. The SMILES string of the molecule is O=C(c1nn2c(c1Cl)NC(c1ccco1)CC2C(F)(F)F)N1CCCCCC1. The van der Waals surface area contributed by atoms with Gasteiger partial charge >= 0.3 is 6.18 Å². The molecule has 4 rings (SSSR count). The summed E-state index contributed by atoms with van der Waals surface area (Å²) < 4.78 is 47.3. The summed E-state index contributed by atoms with van der Waals surface area (Å²) in [5.41, 5.74) is -0.139. The van der Waals surface area contributed by atoms with Crippen molar-refractivity contribution in [1.29, 1.82) is 0 Å². The van der Waals surface area contributed by atoms with Gasteiger partial charge < -0.3 is 14.6 Å². The maximum Gasteiger partial charge on any atom is 0.410 e. The molecule has 0 aliphatic carbocycles. The van der Waals surface area contributed by atoms with E-state index < -0.39 is 24.2 Å². The number of alkyl halides is 3. The Balaban J connectivity index is 1.70. The molecular formula is C18H20ClF3N4O2. The van der Waals surface area contributed by atoms with Gasteiger partial charge in [0.2, 0.25) is 0 Å². The molecule has 6 nitrogen and oxygen atoms in total. The summed E-state index contributed by atoms with van der Waals surface area (Å²) in [5.74, 6) is -0.0564. The number of anilines is 1. The van der Waals surface area contributed by atoms with Gasteiger partial charge in [-0.3, -0.25) is 4.79 Å². The molecule has 1 saturated heterocycles. The van der Waals surface area contributed by atoms with Crippen molar-refractivity contribution < 1.29 is 22.4 Å². The van der Waals surface area contributed by atoms with Crippen LogP contribution in [0.25, 0.3) is 0 Å². The van der Waals surface area contributed by atoms with E-state index in [4.69, 9.17) is 16.0 Å². The van der Waals surface area contributed by atoms with Crippen molar-refractivity contribution in [2.75, 3.05) is 18.4 Å². The maximum absolute atomic E-state index is 13.7. The lowest BCUT2D eigenvalue weighted by atomic mass is 10.0. The van der Waals surface area contributed by atoms with E-state index in [1.807, 2.05) is 0 Å². The fourth-order valence-electron chi connectivity index (χ4n) is 3.83. The Kier molecular flexibility index (Phi) is 5.03. The van der Waals surface area contributed by atoms with Crippen molar-refractivity contribution in [2.45, 2.75) is 50.4 Å². The molecule has 0 spiro atoms. The molecule has 0 saturated carbocycles. The molecule has 0 aromatic carbocycles. The number of rotatable bonds is 2. The fraction of sp³-hybridized carbons (Fsp3) is 0.556. The summed E-state index contributed by atoms with van der Waals surface area (Å²) >= 11 is 6.35. The lowest BCUT2D eigenvalue weighted by molar-refractivity contribution is -0.174. The number of hydrogen-bond donors (Lipinski definition) is 1. The van der Waals surface area contributed by atoms with Gasteiger partial charge in [-0.25, -0.2) is 4.68 Å². The molecule has 2 aromatic heterocycles. The second kappa shape index (κ2) is 7.35. The van der Waals surface area contributed by atoms with Crippen LogP contribution in [0.3, 0.4) is 0 Å². The van der Waals surface area contributed by atoms with Gasteiger partial charge in [0.05, 0.1) is 12.3 Å². The van der Waals surface area contributed by atoms with E-state index in [0.717, 1.165) is 30.4 Å². The fourth-order valence-corrected chi connectivity index (χ4v) is 4.09. The van der Waals surface area contributed by atoms with Gasteiger partial charge in [0, 0.05) is 19.5 Å². The third-order valence-corrected chi connectivity index (χ3v) is 5.64. The summed E-state index contributed by atoms with van der Waals surface area (Å²) in [6.45, 7) is 1.12. The number of nitrogens with one attached hydrogen (secondary N) is 1. The summed E-state index contributed by atoms with van der Waals surface area (Å²) in [4.78, 5) is 14.5. The number of carbonyl (C=O) groups is 1. The lowest BCUT2D eigenvalue weighted by Crippen LogP contribution is -2.36. The van der Waals surface area contributed by atoms with E-state index in [1.165, 1.54) is 6.26 Å². The highest BCUT2D eigenvalue weighted by Gasteiger charge is 2.48. The van der Waals surface area contributed by atoms with Crippen molar-refractivity contribution in [1.82, 2.24) is 14.7 Å². The minimum atomic E-state index is -4.54. The van der Waals surface area contributed by atoms with Gasteiger partial charge in [0.25, 0.3) is 5.91 Å². The molecule has 2 aliphatic heterocycles. The Hall–Kier alpha value is -2.16. The first kappa shape index (κ1) is 19.2. The maximum atomic E-state index is 13.7. The predicted octanol–water partition coefficient (Wildman–Crippen LogP) is 4.81. The number of likely N-dealkylation sites (tertiary alicyclic amines) is 1. The zero-order valence-electron chi connectivity index (χ0n) is 15.0. The second-order valence-electron chi connectivity index (χ2n) is 7.17. The van der Waals surface area contributed by atoms with Crippen molar-refractivity contribution in [3.63, 3.8) is 0 Å². The normalized spacial score (nSPS) is 23.1.